The molecule has 0 bridgehead atoms. The van der Waals surface area contributed by atoms with Crippen molar-refractivity contribution in [2.75, 3.05) is 25.0 Å². The number of benzene rings is 2. The third-order valence-corrected chi connectivity index (χ3v) is 4.70. The molecule has 29 heavy (non-hydrogen) atoms. The van der Waals surface area contributed by atoms with E-state index in [4.69, 9.17) is 10.5 Å². The van der Waals surface area contributed by atoms with Gasteiger partial charge in [0.1, 0.15) is 5.75 Å². The van der Waals surface area contributed by atoms with Crippen LogP contribution in [0.4, 0.5) is 5.69 Å². The van der Waals surface area contributed by atoms with Gasteiger partial charge in [-0.05, 0) is 54.0 Å². The van der Waals surface area contributed by atoms with Crippen molar-refractivity contribution in [3.05, 3.63) is 65.7 Å². The van der Waals surface area contributed by atoms with E-state index in [1.54, 1.807) is 36.1 Å². The Bertz CT molecular complexity index is 934. The minimum absolute atomic E-state index is 0.0890. The van der Waals surface area contributed by atoms with Gasteiger partial charge in [0.15, 0.2) is 6.61 Å². The van der Waals surface area contributed by atoms with Crippen molar-refractivity contribution in [3.8, 4) is 5.75 Å². The fourth-order valence-corrected chi connectivity index (χ4v) is 3.05. The van der Waals surface area contributed by atoms with Gasteiger partial charge < -0.3 is 20.7 Å². The normalized spacial score (nSPS) is 13.4. The zero-order valence-electron chi connectivity index (χ0n) is 16.2. The van der Waals surface area contributed by atoms with E-state index in [2.05, 4.69) is 11.4 Å². The molecule has 2 aromatic carbocycles. The Morgan fingerprint density at radius 3 is 2.31 bits per heavy atom. The highest BCUT2D eigenvalue weighted by molar-refractivity contribution is 5.95. The van der Waals surface area contributed by atoms with E-state index in [0.717, 1.165) is 18.5 Å². The summed E-state index contributed by atoms with van der Waals surface area (Å²) in [5, 5.41) is 2.70. The molecule has 3 rings (SSSR count). The van der Waals surface area contributed by atoms with E-state index in [1.807, 2.05) is 24.3 Å². The van der Waals surface area contributed by atoms with Crippen LogP contribution in [-0.4, -0.2) is 42.3 Å². The Balaban J connectivity index is 1.50. The molecule has 7 heteroatoms. The van der Waals surface area contributed by atoms with Gasteiger partial charge in [-0.15, -0.1) is 0 Å². The van der Waals surface area contributed by atoms with Crippen LogP contribution in [-0.2, 0) is 9.59 Å². The molecule has 3 amide bonds. The van der Waals surface area contributed by atoms with E-state index in [0.29, 0.717) is 23.5 Å². The number of rotatable bonds is 6. The van der Waals surface area contributed by atoms with Gasteiger partial charge in [-0.3, -0.25) is 14.4 Å². The number of nitrogens with one attached hydrogen (secondary N) is 1. The van der Waals surface area contributed by atoms with Gasteiger partial charge in [0.25, 0.3) is 5.91 Å². The Morgan fingerprint density at radius 2 is 1.76 bits per heavy atom. The van der Waals surface area contributed by atoms with Crippen LogP contribution < -0.4 is 15.8 Å². The lowest BCUT2D eigenvalue weighted by Gasteiger charge is -2.25. The highest BCUT2D eigenvalue weighted by Crippen LogP contribution is 2.24. The first-order valence-electron chi connectivity index (χ1n) is 9.30. The number of amides is 3. The monoisotopic (exact) mass is 393 g/mol. The SMILES string of the molecule is CC(=O)N1CC=C(c2ccc(OCC(=O)Nc3ccc(C(N)=O)cc3)cc2)CC1. The van der Waals surface area contributed by atoms with Gasteiger partial charge >= 0.3 is 0 Å². The first kappa shape index (κ1) is 20.1. The molecule has 0 aromatic heterocycles. The van der Waals surface area contributed by atoms with Gasteiger partial charge in [-0.2, -0.15) is 0 Å². The first-order valence-corrected chi connectivity index (χ1v) is 9.30. The fourth-order valence-electron chi connectivity index (χ4n) is 3.05. The zero-order valence-corrected chi connectivity index (χ0v) is 16.2. The molecular weight excluding hydrogens is 370 g/mol. The summed E-state index contributed by atoms with van der Waals surface area (Å²) < 4.78 is 5.53. The van der Waals surface area contributed by atoms with Crippen LogP contribution >= 0.6 is 0 Å². The molecule has 3 N–H and O–H groups in total. The number of primary amides is 1. The second-order valence-electron chi connectivity index (χ2n) is 6.75. The van der Waals surface area contributed by atoms with E-state index in [1.165, 1.54) is 5.57 Å². The molecule has 0 saturated carbocycles. The van der Waals surface area contributed by atoms with Crippen molar-refractivity contribution in [1.82, 2.24) is 4.90 Å². The molecule has 1 heterocycles. The largest absolute Gasteiger partial charge is 0.484 e. The molecule has 1 aliphatic rings. The third kappa shape index (κ3) is 5.44. The van der Waals surface area contributed by atoms with E-state index < -0.39 is 5.91 Å². The summed E-state index contributed by atoms with van der Waals surface area (Å²) in [6.07, 6.45) is 2.88. The quantitative estimate of drug-likeness (QED) is 0.787. The minimum atomic E-state index is -0.519. The lowest BCUT2D eigenvalue weighted by atomic mass is 9.99. The van der Waals surface area contributed by atoms with Crippen molar-refractivity contribution in [1.29, 1.82) is 0 Å². The van der Waals surface area contributed by atoms with Gasteiger partial charge in [0.2, 0.25) is 11.8 Å². The van der Waals surface area contributed by atoms with Crippen LogP contribution in [0.2, 0.25) is 0 Å². The molecule has 0 saturated heterocycles. The Labute approximate surface area is 169 Å². The Kier molecular flexibility index (Phi) is 6.29. The average molecular weight is 393 g/mol. The summed E-state index contributed by atoms with van der Waals surface area (Å²) in [6.45, 7) is 2.80. The second-order valence-corrected chi connectivity index (χ2v) is 6.75. The molecular formula is C22H23N3O4. The van der Waals surface area contributed by atoms with Crippen LogP contribution in [0.15, 0.2) is 54.6 Å². The van der Waals surface area contributed by atoms with Crippen LogP contribution in [0.1, 0.15) is 29.3 Å². The van der Waals surface area contributed by atoms with Crippen LogP contribution in [0.3, 0.4) is 0 Å². The zero-order chi connectivity index (χ0) is 20.8. The Hall–Kier alpha value is -3.61. The highest BCUT2D eigenvalue weighted by Gasteiger charge is 2.14. The number of carbonyl (C=O) groups excluding carboxylic acids is 3. The van der Waals surface area contributed by atoms with E-state index >= 15 is 0 Å². The molecule has 0 spiro atoms. The number of carbonyl (C=O) groups is 3. The van der Waals surface area contributed by atoms with Gasteiger partial charge in [0.05, 0.1) is 0 Å². The van der Waals surface area contributed by atoms with E-state index in [-0.39, 0.29) is 18.4 Å². The molecule has 0 fully saturated rings. The number of ether oxygens (including phenoxy) is 1. The summed E-state index contributed by atoms with van der Waals surface area (Å²) in [7, 11) is 0. The summed E-state index contributed by atoms with van der Waals surface area (Å²) in [4.78, 5) is 36.3. The smallest absolute Gasteiger partial charge is 0.262 e. The highest BCUT2D eigenvalue weighted by atomic mass is 16.5. The molecule has 0 unspecified atom stereocenters. The molecule has 2 aromatic rings. The Morgan fingerprint density at radius 1 is 1.07 bits per heavy atom. The molecule has 0 aliphatic carbocycles. The molecule has 0 atom stereocenters. The molecule has 1 aliphatic heterocycles. The fraction of sp³-hybridized carbons (Fsp3) is 0.227. The standard InChI is InChI=1S/C22H23N3O4/c1-15(26)25-12-10-17(11-13-25)16-4-8-20(9-5-16)29-14-21(27)24-19-6-2-18(3-7-19)22(23)28/h2-10H,11-14H2,1H3,(H2,23,28)(H,24,27). The van der Waals surface area contributed by atoms with Crippen LogP contribution in [0, 0.1) is 0 Å². The molecule has 150 valence electrons. The minimum Gasteiger partial charge on any atom is -0.484 e. The first-order chi connectivity index (χ1) is 13.9. The average Bonchev–Trinajstić information content (AvgIpc) is 2.73. The number of hydrogen-bond acceptors (Lipinski definition) is 4. The number of nitrogens with zero attached hydrogens (tertiary/aromatic N) is 1. The maximum Gasteiger partial charge on any atom is 0.262 e. The molecule has 0 radical (unpaired) electrons. The summed E-state index contributed by atoms with van der Waals surface area (Å²) in [6, 6.07) is 13.9. The maximum absolute atomic E-state index is 12.0. The van der Waals surface area contributed by atoms with Crippen LogP contribution in [0.5, 0.6) is 5.75 Å². The van der Waals surface area contributed by atoms with Gasteiger partial charge in [-0.1, -0.05) is 18.2 Å². The van der Waals surface area contributed by atoms with Gasteiger partial charge in [0, 0.05) is 31.3 Å². The number of nitrogens with two attached hydrogens (primary N) is 1. The van der Waals surface area contributed by atoms with Crippen molar-refractivity contribution in [2.45, 2.75) is 13.3 Å². The summed E-state index contributed by atoms with van der Waals surface area (Å²) >= 11 is 0. The van der Waals surface area contributed by atoms with E-state index in [9.17, 15) is 14.4 Å². The number of anilines is 1. The lowest BCUT2D eigenvalue weighted by molar-refractivity contribution is -0.128. The van der Waals surface area contributed by atoms with Crippen molar-refractivity contribution >= 4 is 29.0 Å². The van der Waals surface area contributed by atoms with Crippen molar-refractivity contribution < 1.29 is 19.1 Å². The maximum atomic E-state index is 12.0. The summed E-state index contributed by atoms with van der Waals surface area (Å²) in [5.41, 5.74) is 8.41. The van der Waals surface area contributed by atoms with Crippen LogP contribution in [0.25, 0.3) is 5.57 Å². The second kappa shape index (κ2) is 9.05. The number of hydrogen-bond donors (Lipinski definition) is 2. The molecule has 7 nitrogen and oxygen atoms in total. The van der Waals surface area contributed by atoms with Crippen molar-refractivity contribution in [3.63, 3.8) is 0 Å². The van der Waals surface area contributed by atoms with Crippen molar-refractivity contribution in [2.24, 2.45) is 5.73 Å². The van der Waals surface area contributed by atoms with Gasteiger partial charge in [-0.25, -0.2) is 0 Å². The predicted octanol–water partition coefficient (Wildman–Crippen LogP) is 2.44. The third-order valence-electron chi connectivity index (χ3n) is 4.70. The summed E-state index contributed by atoms with van der Waals surface area (Å²) in [5.74, 6) is -0.143. The topological polar surface area (TPSA) is 102 Å². The lowest BCUT2D eigenvalue weighted by Crippen LogP contribution is -2.32. The predicted molar refractivity (Wildman–Crippen MR) is 110 cm³/mol.